The van der Waals surface area contributed by atoms with Crippen LogP contribution in [0.3, 0.4) is 0 Å². The van der Waals surface area contributed by atoms with Crippen molar-refractivity contribution in [2.75, 3.05) is 7.11 Å². The van der Waals surface area contributed by atoms with Gasteiger partial charge in [0.25, 0.3) is 6.08 Å². The molecule has 0 heterocycles. The Kier molecular flexibility index (Phi) is 3.90. The summed E-state index contributed by atoms with van der Waals surface area (Å²) in [5.41, 5.74) is 0.418. The van der Waals surface area contributed by atoms with Gasteiger partial charge in [-0.1, -0.05) is 24.3 Å². The molecule has 2 aromatic rings. The molecule has 19 heavy (non-hydrogen) atoms. The molecule has 0 aliphatic heterocycles. The van der Waals surface area contributed by atoms with Crippen molar-refractivity contribution in [1.29, 1.82) is 0 Å². The van der Waals surface area contributed by atoms with Crippen molar-refractivity contribution in [1.82, 2.24) is 0 Å². The van der Waals surface area contributed by atoms with Gasteiger partial charge in [-0.2, -0.15) is 8.78 Å². The van der Waals surface area contributed by atoms with Crippen LogP contribution in [0.5, 0.6) is 5.75 Å². The van der Waals surface area contributed by atoms with Crippen molar-refractivity contribution < 1.29 is 17.9 Å². The van der Waals surface area contributed by atoms with Crippen molar-refractivity contribution >= 4 is 5.57 Å². The lowest BCUT2D eigenvalue weighted by molar-refractivity contribution is 0.414. The van der Waals surface area contributed by atoms with Crippen molar-refractivity contribution in [2.45, 2.75) is 0 Å². The molecular weight excluding hydrogens is 253 g/mol. The van der Waals surface area contributed by atoms with Crippen molar-refractivity contribution in [2.24, 2.45) is 0 Å². The van der Waals surface area contributed by atoms with E-state index in [0.29, 0.717) is 11.3 Å². The smallest absolute Gasteiger partial charge is 0.278 e. The number of benzene rings is 2. The molecule has 0 unspecified atom stereocenters. The predicted molar refractivity (Wildman–Crippen MR) is 67.6 cm³/mol. The molecule has 1 nitrogen and oxygen atoms in total. The van der Waals surface area contributed by atoms with E-state index in [-0.39, 0.29) is 11.1 Å². The Hall–Kier alpha value is -2.23. The second-order valence-corrected chi connectivity index (χ2v) is 3.87. The lowest BCUT2D eigenvalue weighted by Gasteiger charge is -2.08. The lowest BCUT2D eigenvalue weighted by Crippen LogP contribution is -1.91. The summed E-state index contributed by atoms with van der Waals surface area (Å²) in [7, 11) is 1.50. The van der Waals surface area contributed by atoms with E-state index < -0.39 is 11.9 Å². The summed E-state index contributed by atoms with van der Waals surface area (Å²) in [4.78, 5) is 0. The number of methoxy groups -OCH3 is 1. The number of ether oxygens (including phenoxy) is 1. The SMILES string of the molecule is COc1ccc(C(=C(F)F)c2ccc(F)cc2)cc1. The molecule has 0 aliphatic rings. The van der Waals surface area contributed by atoms with E-state index in [2.05, 4.69) is 0 Å². The van der Waals surface area contributed by atoms with Gasteiger partial charge >= 0.3 is 0 Å². The second kappa shape index (κ2) is 5.61. The standard InChI is InChI=1S/C15H11F3O/c1-19-13-8-4-11(5-9-13)14(15(17)18)10-2-6-12(16)7-3-10/h2-9H,1H3. The minimum Gasteiger partial charge on any atom is -0.497 e. The van der Waals surface area contributed by atoms with Gasteiger partial charge in [-0.15, -0.1) is 0 Å². The predicted octanol–water partition coefficient (Wildman–Crippen LogP) is 4.49. The molecule has 0 bridgehead atoms. The lowest BCUT2D eigenvalue weighted by atomic mass is 9.99. The van der Waals surface area contributed by atoms with Gasteiger partial charge < -0.3 is 4.74 Å². The van der Waals surface area contributed by atoms with Gasteiger partial charge in [-0.05, 0) is 35.4 Å². The summed E-state index contributed by atoms with van der Waals surface area (Å²) in [6.45, 7) is 0. The largest absolute Gasteiger partial charge is 0.497 e. The first-order valence-corrected chi connectivity index (χ1v) is 5.57. The minimum absolute atomic E-state index is 0.206. The Balaban J connectivity index is 2.46. The van der Waals surface area contributed by atoms with E-state index in [0.717, 1.165) is 12.1 Å². The summed E-state index contributed by atoms with van der Waals surface area (Å²) in [6.07, 6.45) is -1.81. The summed E-state index contributed by atoms with van der Waals surface area (Å²) in [5, 5.41) is 0. The third-order valence-electron chi connectivity index (χ3n) is 2.70. The van der Waals surface area contributed by atoms with E-state index in [1.165, 1.54) is 31.4 Å². The summed E-state index contributed by atoms with van der Waals surface area (Å²) >= 11 is 0. The van der Waals surface area contributed by atoms with E-state index in [1.807, 2.05) is 0 Å². The topological polar surface area (TPSA) is 9.23 Å². The van der Waals surface area contributed by atoms with Gasteiger partial charge in [0.15, 0.2) is 0 Å². The van der Waals surface area contributed by atoms with Crippen molar-refractivity contribution in [3.63, 3.8) is 0 Å². The molecule has 0 aliphatic carbocycles. The summed E-state index contributed by atoms with van der Waals surface area (Å²) in [5.74, 6) is 0.124. The van der Waals surface area contributed by atoms with Crippen LogP contribution in [0, 0.1) is 5.82 Å². The number of halogens is 3. The second-order valence-electron chi connectivity index (χ2n) is 3.87. The van der Waals surface area contributed by atoms with E-state index in [1.54, 1.807) is 12.1 Å². The first-order chi connectivity index (χ1) is 9.11. The monoisotopic (exact) mass is 264 g/mol. The average molecular weight is 264 g/mol. The van der Waals surface area contributed by atoms with Crippen LogP contribution in [0.1, 0.15) is 11.1 Å². The molecule has 2 rings (SSSR count). The molecule has 0 saturated carbocycles. The molecule has 0 atom stereocenters. The highest BCUT2D eigenvalue weighted by Crippen LogP contribution is 2.29. The fraction of sp³-hybridized carbons (Fsp3) is 0.0667. The van der Waals surface area contributed by atoms with Gasteiger partial charge in [-0.25, -0.2) is 4.39 Å². The van der Waals surface area contributed by atoms with Crippen molar-refractivity contribution in [3.8, 4) is 5.75 Å². The number of rotatable bonds is 3. The average Bonchev–Trinajstić information content (AvgIpc) is 2.42. The summed E-state index contributed by atoms with van der Waals surface area (Å²) < 4.78 is 44.0. The highest BCUT2D eigenvalue weighted by Gasteiger charge is 2.12. The zero-order valence-corrected chi connectivity index (χ0v) is 10.2. The third-order valence-corrected chi connectivity index (χ3v) is 2.70. The third kappa shape index (κ3) is 2.96. The fourth-order valence-electron chi connectivity index (χ4n) is 1.76. The van der Waals surface area contributed by atoms with Crippen LogP contribution in [0.15, 0.2) is 54.6 Å². The van der Waals surface area contributed by atoms with Crippen molar-refractivity contribution in [3.05, 3.63) is 71.6 Å². The molecule has 4 heteroatoms. The highest BCUT2D eigenvalue weighted by atomic mass is 19.3. The van der Waals surface area contributed by atoms with Gasteiger partial charge in [0.05, 0.1) is 12.7 Å². The quantitative estimate of drug-likeness (QED) is 0.793. The molecule has 0 amide bonds. The van der Waals surface area contributed by atoms with Crippen LogP contribution in [-0.2, 0) is 0 Å². The first-order valence-electron chi connectivity index (χ1n) is 5.57. The van der Waals surface area contributed by atoms with Crippen LogP contribution < -0.4 is 4.74 Å². The Morgan fingerprint density at radius 3 is 1.74 bits per heavy atom. The molecule has 0 fully saturated rings. The Labute approximate surface area is 109 Å². The molecule has 2 aromatic carbocycles. The van der Waals surface area contributed by atoms with Gasteiger partial charge in [-0.3, -0.25) is 0 Å². The molecule has 0 radical (unpaired) electrons. The van der Waals surface area contributed by atoms with E-state index in [9.17, 15) is 13.2 Å². The van der Waals surface area contributed by atoms with Gasteiger partial charge in [0, 0.05) is 0 Å². The Bertz CT molecular complexity index is 582. The maximum Gasteiger partial charge on any atom is 0.278 e. The minimum atomic E-state index is -1.81. The van der Waals surface area contributed by atoms with Crippen LogP contribution in [0.25, 0.3) is 5.57 Å². The summed E-state index contributed by atoms with van der Waals surface area (Å²) in [6, 6.07) is 11.2. The zero-order chi connectivity index (χ0) is 13.8. The molecule has 98 valence electrons. The van der Waals surface area contributed by atoms with E-state index >= 15 is 0 Å². The molecular formula is C15H11F3O. The Morgan fingerprint density at radius 1 is 0.842 bits per heavy atom. The van der Waals surface area contributed by atoms with Gasteiger partial charge in [0.2, 0.25) is 0 Å². The number of hydrogen-bond donors (Lipinski definition) is 0. The molecule has 0 aromatic heterocycles. The zero-order valence-electron chi connectivity index (χ0n) is 10.2. The first kappa shape index (κ1) is 13.2. The van der Waals surface area contributed by atoms with Crippen LogP contribution >= 0.6 is 0 Å². The maximum atomic E-state index is 13.1. The van der Waals surface area contributed by atoms with Gasteiger partial charge in [0.1, 0.15) is 11.6 Å². The molecule has 0 saturated heterocycles. The molecule has 0 spiro atoms. The fourth-order valence-corrected chi connectivity index (χ4v) is 1.76. The number of hydrogen-bond acceptors (Lipinski definition) is 1. The van der Waals surface area contributed by atoms with E-state index in [4.69, 9.17) is 4.74 Å². The van der Waals surface area contributed by atoms with Crippen LogP contribution in [-0.4, -0.2) is 7.11 Å². The Morgan fingerprint density at radius 2 is 1.32 bits per heavy atom. The highest BCUT2D eigenvalue weighted by molar-refractivity contribution is 5.80. The maximum absolute atomic E-state index is 13.1. The normalized spacial score (nSPS) is 10.1. The van der Waals surface area contributed by atoms with Crippen LogP contribution in [0.2, 0.25) is 0 Å². The van der Waals surface area contributed by atoms with Crippen LogP contribution in [0.4, 0.5) is 13.2 Å². The molecule has 0 N–H and O–H groups in total.